The molecular formula is C9H13F2N2NaO6S. The number of alkyl halides is 2. The van der Waals surface area contributed by atoms with Crippen molar-refractivity contribution in [3.63, 3.8) is 0 Å². The van der Waals surface area contributed by atoms with E-state index in [1.165, 1.54) is 0 Å². The third kappa shape index (κ3) is 4.03. The molecule has 2 fully saturated rings. The Labute approximate surface area is 142 Å². The number of fused-ring (bicyclic) bond motifs is 2. The monoisotopic (exact) mass is 338 g/mol. The summed E-state index contributed by atoms with van der Waals surface area (Å²) in [5.74, 6) is -3.26. The number of halogens is 2. The summed E-state index contributed by atoms with van der Waals surface area (Å²) in [6.45, 7) is -0.967. The smallest absolute Gasteiger partial charge is 0.724 e. The number of methoxy groups -OCH3 is 1. The topological polar surface area (TPSA) is 99.2 Å². The van der Waals surface area contributed by atoms with Crippen LogP contribution >= 0.6 is 0 Å². The molecule has 0 aromatic heterocycles. The number of carbonyl (C=O) groups is 1. The molecule has 0 saturated carbocycles. The first-order chi connectivity index (χ1) is 9.15. The van der Waals surface area contributed by atoms with E-state index in [-0.39, 0.29) is 48.9 Å². The minimum Gasteiger partial charge on any atom is -0.724 e. The predicted molar refractivity (Wildman–Crippen MR) is 58.4 cm³/mol. The summed E-state index contributed by atoms with van der Waals surface area (Å²) in [5.41, 5.74) is 0. The number of hydrogen-bond acceptors (Lipinski definition) is 6. The number of hydroxylamine groups is 2. The Morgan fingerprint density at radius 2 is 2.05 bits per heavy atom. The minimum absolute atomic E-state index is 0. The standard InChI is InChI=1S/C9H14F2N2O6S.Na/c1-18-5-9(10,11)7-3-2-6-4-12(7)8(14)13(6)19-20(15,16)17;/h6-7H,2-5H2,1H3,(H,15,16,17);/q;+1/p-1/t6-,7+;/m1./s1. The number of piperidine rings is 1. The Morgan fingerprint density at radius 3 is 2.57 bits per heavy atom. The number of hydrogen-bond donors (Lipinski definition) is 0. The van der Waals surface area contributed by atoms with E-state index in [1.807, 2.05) is 0 Å². The van der Waals surface area contributed by atoms with Gasteiger partial charge in [-0.2, -0.15) is 9.35 Å². The van der Waals surface area contributed by atoms with Crippen LogP contribution in [0.3, 0.4) is 0 Å². The average molecular weight is 338 g/mol. The van der Waals surface area contributed by atoms with Gasteiger partial charge in [0, 0.05) is 13.7 Å². The molecule has 2 rings (SSSR count). The second kappa shape index (κ2) is 6.60. The summed E-state index contributed by atoms with van der Waals surface area (Å²) < 4.78 is 67.8. The van der Waals surface area contributed by atoms with Crippen molar-refractivity contribution in [2.24, 2.45) is 0 Å². The van der Waals surface area contributed by atoms with Crippen LogP contribution in [0.5, 0.6) is 0 Å². The second-order valence-corrected chi connectivity index (χ2v) is 5.65. The van der Waals surface area contributed by atoms with Gasteiger partial charge in [-0.25, -0.2) is 22.0 Å². The van der Waals surface area contributed by atoms with Crippen molar-refractivity contribution in [3.05, 3.63) is 0 Å². The number of nitrogens with zero attached hydrogens (tertiary/aromatic N) is 2. The van der Waals surface area contributed by atoms with Crippen LogP contribution < -0.4 is 29.6 Å². The Balaban J connectivity index is 0.00000220. The van der Waals surface area contributed by atoms with Crippen molar-refractivity contribution in [3.8, 4) is 0 Å². The molecule has 0 spiro atoms. The fourth-order valence-corrected chi connectivity index (χ4v) is 2.94. The first kappa shape index (κ1) is 19.0. The normalized spacial score (nSPS) is 26.0. The number of amides is 2. The van der Waals surface area contributed by atoms with E-state index in [2.05, 4.69) is 9.02 Å². The molecule has 0 aliphatic carbocycles. The fourth-order valence-electron chi connectivity index (χ4n) is 2.56. The third-order valence-electron chi connectivity index (χ3n) is 3.32. The fraction of sp³-hybridized carbons (Fsp3) is 0.889. The van der Waals surface area contributed by atoms with Crippen LogP contribution in [-0.2, 0) is 19.4 Å². The molecule has 2 amide bonds. The van der Waals surface area contributed by atoms with Gasteiger partial charge in [0.25, 0.3) is 5.92 Å². The predicted octanol–water partition coefficient (Wildman–Crippen LogP) is -3.07. The number of carbonyl (C=O) groups excluding carboxylic acids is 1. The van der Waals surface area contributed by atoms with Crippen molar-refractivity contribution in [1.29, 1.82) is 0 Å². The van der Waals surface area contributed by atoms with Crippen molar-refractivity contribution in [1.82, 2.24) is 9.96 Å². The largest absolute Gasteiger partial charge is 1.00 e. The van der Waals surface area contributed by atoms with Crippen LogP contribution in [0.25, 0.3) is 0 Å². The van der Waals surface area contributed by atoms with Gasteiger partial charge in [-0.1, -0.05) is 0 Å². The Bertz CT molecular complexity index is 504. The zero-order chi connectivity index (χ0) is 15.1. The molecule has 2 heterocycles. The Morgan fingerprint density at radius 1 is 1.43 bits per heavy atom. The SMILES string of the molecule is COCC(F)(F)[C@@H]1CC[C@@H]2CN1C(=O)N2OS(=O)(=O)[O-].[Na+]. The summed E-state index contributed by atoms with van der Waals surface area (Å²) >= 11 is 0. The van der Waals surface area contributed by atoms with Gasteiger partial charge in [0.1, 0.15) is 6.61 Å². The zero-order valence-corrected chi connectivity index (χ0v) is 14.3. The number of ether oxygens (including phenoxy) is 1. The first-order valence-electron chi connectivity index (χ1n) is 5.78. The summed E-state index contributed by atoms with van der Waals surface area (Å²) in [5, 5.41) is 0.366. The summed E-state index contributed by atoms with van der Waals surface area (Å²) in [6.07, 6.45) is 0.0766. The maximum absolute atomic E-state index is 13.8. The number of rotatable bonds is 5. The van der Waals surface area contributed by atoms with Crippen LogP contribution in [0.2, 0.25) is 0 Å². The molecule has 116 valence electrons. The summed E-state index contributed by atoms with van der Waals surface area (Å²) in [4.78, 5) is 12.7. The van der Waals surface area contributed by atoms with Crippen LogP contribution in [-0.4, -0.2) is 67.2 Å². The Hall–Kier alpha value is -0.0400. The minimum atomic E-state index is -5.13. The van der Waals surface area contributed by atoms with Crippen LogP contribution in [0.15, 0.2) is 0 Å². The van der Waals surface area contributed by atoms with Crippen molar-refractivity contribution >= 4 is 16.4 Å². The second-order valence-electron chi connectivity index (χ2n) is 4.68. The molecule has 2 bridgehead atoms. The van der Waals surface area contributed by atoms with E-state index in [0.29, 0.717) is 5.06 Å². The van der Waals surface area contributed by atoms with E-state index in [1.54, 1.807) is 0 Å². The van der Waals surface area contributed by atoms with E-state index in [4.69, 9.17) is 0 Å². The first-order valence-corrected chi connectivity index (χ1v) is 7.11. The van der Waals surface area contributed by atoms with Gasteiger partial charge in [-0.15, -0.1) is 0 Å². The molecule has 0 aromatic rings. The van der Waals surface area contributed by atoms with Gasteiger partial charge in [-0.05, 0) is 12.8 Å². The molecule has 0 unspecified atom stereocenters. The molecule has 12 heteroatoms. The third-order valence-corrected chi connectivity index (χ3v) is 3.66. The van der Waals surface area contributed by atoms with Gasteiger partial charge >= 0.3 is 35.6 Å². The molecular weight excluding hydrogens is 325 g/mol. The van der Waals surface area contributed by atoms with Gasteiger partial charge in [0.15, 0.2) is 0 Å². The number of urea groups is 1. The van der Waals surface area contributed by atoms with E-state index in [0.717, 1.165) is 12.0 Å². The molecule has 21 heavy (non-hydrogen) atoms. The molecule has 2 aliphatic heterocycles. The van der Waals surface area contributed by atoms with Crippen LogP contribution in [0.1, 0.15) is 12.8 Å². The maximum Gasteiger partial charge on any atom is 1.00 e. The van der Waals surface area contributed by atoms with Gasteiger partial charge in [0.2, 0.25) is 10.4 Å². The molecule has 8 nitrogen and oxygen atoms in total. The summed E-state index contributed by atoms with van der Waals surface area (Å²) in [6, 6.07) is -3.18. The van der Waals surface area contributed by atoms with Crippen LogP contribution in [0.4, 0.5) is 13.6 Å². The quantitative estimate of drug-likeness (QED) is 0.300. The Kier molecular flexibility index (Phi) is 5.98. The van der Waals surface area contributed by atoms with Crippen LogP contribution in [0, 0.1) is 0 Å². The molecule has 0 radical (unpaired) electrons. The average Bonchev–Trinajstić information content (AvgIpc) is 2.52. The van der Waals surface area contributed by atoms with Crippen molar-refractivity contribution in [2.45, 2.75) is 30.8 Å². The molecule has 2 saturated heterocycles. The van der Waals surface area contributed by atoms with E-state index < -0.39 is 41.0 Å². The maximum atomic E-state index is 13.8. The van der Waals surface area contributed by atoms with E-state index >= 15 is 0 Å². The van der Waals surface area contributed by atoms with Gasteiger partial charge in [-0.3, -0.25) is 0 Å². The van der Waals surface area contributed by atoms with Gasteiger partial charge < -0.3 is 14.2 Å². The molecule has 2 aliphatic rings. The summed E-state index contributed by atoms with van der Waals surface area (Å²) in [7, 11) is -4.01. The molecule has 2 atom stereocenters. The van der Waals surface area contributed by atoms with E-state index in [9.17, 15) is 26.5 Å². The van der Waals surface area contributed by atoms with Crippen molar-refractivity contribution < 1.29 is 65.1 Å². The molecule has 0 aromatic carbocycles. The van der Waals surface area contributed by atoms with Gasteiger partial charge in [0.05, 0.1) is 12.1 Å². The molecule has 0 N–H and O–H groups in total. The zero-order valence-electron chi connectivity index (χ0n) is 11.5. The van der Waals surface area contributed by atoms with Crippen molar-refractivity contribution in [2.75, 3.05) is 20.3 Å².